The van der Waals surface area contributed by atoms with Gasteiger partial charge in [-0.3, -0.25) is 4.79 Å². The smallest absolute Gasteiger partial charge is 0.388 e. The Bertz CT molecular complexity index is 626. The van der Waals surface area contributed by atoms with Gasteiger partial charge in [-0.25, -0.2) is 0 Å². The second kappa shape index (κ2) is 6.93. The lowest BCUT2D eigenvalue weighted by Gasteiger charge is -2.13. The molecular weight excluding hydrogens is 315 g/mol. The molecule has 0 unspecified atom stereocenters. The van der Waals surface area contributed by atoms with Gasteiger partial charge >= 0.3 is 6.18 Å². The predicted octanol–water partition coefficient (Wildman–Crippen LogP) is 3.62. The van der Waals surface area contributed by atoms with E-state index in [0.717, 1.165) is 17.7 Å². The summed E-state index contributed by atoms with van der Waals surface area (Å²) in [6, 6.07) is 6.38. The number of carbonyl (C=O) groups excluding carboxylic acids is 1. The van der Waals surface area contributed by atoms with E-state index in [0.29, 0.717) is 0 Å². The van der Waals surface area contributed by atoms with Crippen LogP contribution in [0, 0.1) is 0 Å². The fourth-order valence-corrected chi connectivity index (χ4v) is 2.68. The number of halogens is 3. The highest BCUT2D eigenvalue weighted by molar-refractivity contribution is 7.07. The minimum Gasteiger partial charge on any atom is -0.388 e. The first-order valence-electron chi connectivity index (χ1n) is 6.54. The quantitative estimate of drug-likeness (QED) is 0.880. The molecule has 0 saturated heterocycles. The molecular formula is C15H14F3NO2S. The monoisotopic (exact) mass is 329 g/mol. The number of carbonyl (C=O) groups is 1. The Morgan fingerprint density at radius 3 is 2.64 bits per heavy atom. The van der Waals surface area contributed by atoms with Crippen molar-refractivity contribution in [3.05, 3.63) is 57.8 Å². The number of benzene rings is 1. The lowest BCUT2D eigenvalue weighted by Crippen LogP contribution is -2.28. The van der Waals surface area contributed by atoms with Crippen LogP contribution < -0.4 is 5.32 Å². The lowest BCUT2D eigenvalue weighted by atomic mass is 10.1. The summed E-state index contributed by atoms with van der Waals surface area (Å²) in [7, 11) is 0. The third-order valence-corrected chi connectivity index (χ3v) is 3.81. The number of amides is 1. The highest BCUT2D eigenvalue weighted by atomic mass is 32.1. The van der Waals surface area contributed by atoms with Crippen LogP contribution in [0.4, 0.5) is 13.2 Å². The minimum absolute atomic E-state index is 0.0854. The Balaban J connectivity index is 1.96. The van der Waals surface area contributed by atoms with Gasteiger partial charge in [-0.2, -0.15) is 24.5 Å². The predicted molar refractivity (Wildman–Crippen MR) is 77.7 cm³/mol. The number of hydrogen-bond donors (Lipinski definition) is 2. The van der Waals surface area contributed by atoms with Gasteiger partial charge in [0.2, 0.25) is 0 Å². The molecule has 0 aliphatic carbocycles. The van der Waals surface area contributed by atoms with Gasteiger partial charge in [-0.05, 0) is 40.9 Å². The molecule has 2 rings (SSSR count). The third-order valence-electron chi connectivity index (χ3n) is 3.11. The van der Waals surface area contributed by atoms with Crippen LogP contribution in [0.3, 0.4) is 0 Å². The van der Waals surface area contributed by atoms with Crippen LogP contribution in [-0.4, -0.2) is 17.6 Å². The van der Waals surface area contributed by atoms with Gasteiger partial charge < -0.3 is 10.4 Å². The van der Waals surface area contributed by atoms with Gasteiger partial charge in [-0.1, -0.05) is 12.1 Å². The van der Waals surface area contributed by atoms with Crippen molar-refractivity contribution in [2.24, 2.45) is 0 Å². The van der Waals surface area contributed by atoms with Gasteiger partial charge in [-0.15, -0.1) is 0 Å². The largest absolute Gasteiger partial charge is 0.417 e. The first kappa shape index (κ1) is 16.5. The Morgan fingerprint density at radius 1 is 1.27 bits per heavy atom. The summed E-state index contributed by atoms with van der Waals surface area (Å²) in [4.78, 5) is 11.9. The third kappa shape index (κ3) is 4.08. The standard InChI is InChI=1S/C15H14F3NO2S/c16-15(17,18)12-4-2-1-3-11(12)14(21)19-7-5-13(20)10-6-8-22-9-10/h1-4,6,8-9,13,20H,5,7H2,(H,19,21)/t13-/m1/s1. The lowest BCUT2D eigenvalue weighted by molar-refractivity contribution is -0.137. The molecule has 2 aromatic rings. The topological polar surface area (TPSA) is 49.3 Å². The van der Waals surface area contributed by atoms with Gasteiger partial charge in [0.25, 0.3) is 5.91 Å². The summed E-state index contributed by atoms with van der Waals surface area (Å²) in [5, 5.41) is 15.9. The van der Waals surface area contributed by atoms with Gasteiger partial charge in [0.1, 0.15) is 0 Å². The van der Waals surface area contributed by atoms with E-state index in [4.69, 9.17) is 0 Å². The molecule has 7 heteroatoms. The van der Waals surface area contributed by atoms with Crippen LogP contribution in [0.2, 0.25) is 0 Å². The highest BCUT2D eigenvalue weighted by Crippen LogP contribution is 2.31. The van der Waals surface area contributed by atoms with E-state index in [1.54, 1.807) is 11.4 Å². The average molecular weight is 329 g/mol. The van der Waals surface area contributed by atoms with Crippen LogP contribution >= 0.6 is 11.3 Å². The number of aliphatic hydroxyl groups excluding tert-OH is 1. The van der Waals surface area contributed by atoms with Gasteiger partial charge in [0, 0.05) is 6.54 Å². The van der Waals surface area contributed by atoms with Crippen LogP contribution in [0.5, 0.6) is 0 Å². The number of alkyl halides is 3. The number of hydrogen-bond acceptors (Lipinski definition) is 3. The fraction of sp³-hybridized carbons (Fsp3) is 0.267. The van der Waals surface area contributed by atoms with Crippen molar-refractivity contribution in [2.75, 3.05) is 6.54 Å². The van der Waals surface area contributed by atoms with Crippen molar-refractivity contribution >= 4 is 17.2 Å². The Kier molecular flexibility index (Phi) is 5.20. The molecule has 0 radical (unpaired) electrons. The van der Waals surface area contributed by atoms with E-state index in [2.05, 4.69) is 5.32 Å². The van der Waals surface area contributed by atoms with Crippen LogP contribution in [0.25, 0.3) is 0 Å². The molecule has 1 aromatic carbocycles. The first-order valence-corrected chi connectivity index (χ1v) is 7.48. The molecule has 1 atom stereocenters. The molecule has 0 saturated carbocycles. The van der Waals surface area contributed by atoms with Crippen molar-refractivity contribution in [3.8, 4) is 0 Å². The number of nitrogens with one attached hydrogen (secondary N) is 1. The average Bonchev–Trinajstić information content (AvgIpc) is 3.00. The van der Waals surface area contributed by atoms with Crippen molar-refractivity contribution in [3.63, 3.8) is 0 Å². The molecule has 3 nitrogen and oxygen atoms in total. The second-order valence-electron chi connectivity index (χ2n) is 4.66. The Morgan fingerprint density at radius 2 is 2.00 bits per heavy atom. The van der Waals surface area contributed by atoms with Gasteiger partial charge in [0.15, 0.2) is 0 Å². The van der Waals surface area contributed by atoms with E-state index in [9.17, 15) is 23.1 Å². The molecule has 0 aliphatic rings. The summed E-state index contributed by atoms with van der Waals surface area (Å²) in [5.41, 5.74) is -0.652. The maximum atomic E-state index is 12.8. The molecule has 1 amide bonds. The number of thiophene rings is 1. The van der Waals surface area contributed by atoms with E-state index in [1.807, 2.05) is 5.38 Å². The van der Waals surface area contributed by atoms with Crippen molar-refractivity contribution < 1.29 is 23.1 Å². The van der Waals surface area contributed by atoms with Gasteiger partial charge in [0.05, 0.1) is 17.2 Å². The zero-order valence-corrected chi connectivity index (χ0v) is 12.2. The fourth-order valence-electron chi connectivity index (χ4n) is 1.98. The Hall–Kier alpha value is -1.86. The van der Waals surface area contributed by atoms with Crippen molar-refractivity contribution in [1.29, 1.82) is 0 Å². The minimum atomic E-state index is -4.58. The number of aliphatic hydroxyl groups is 1. The molecule has 0 spiro atoms. The van der Waals surface area contributed by atoms with E-state index >= 15 is 0 Å². The van der Waals surface area contributed by atoms with E-state index in [-0.39, 0.29) is 13.0 Å². The molecule has 2 N–H and O–H groups in total. The molecule has 118 valence electrons. The molecule has 22 heavy (non-hydrogen) atoms. The molecule has 1 aromatic heterocycles. The molecule has 0 bridgehead atoms. The zero-order valence-electron chi connectivity index (χ0n) is 11.4. The molecule has 1 heterocycles. The second-order valence-corrected chi connectivity index (χ2v) is 5.44. The highest BCUT2D eigenvalue weighted by Gasteiger charge is 2.34. The van der Waals surface area contributed by atoms with Crippen LogP contribution in [0.1, 0.15) is 34.0 Å². The van der Waals surface area contributed by atoms with Crippen LogP contribution in [0.15, 0.2) is 41.1 Å². The summed E-state index contributed by atoms with van der Waals surface area (Å²) < 4.78 is 38.5. The Labute approximate surface area is 129 Å². The van der Waals surface area contributed by atoms with E-state index < -0.39 is 29.3 Å². The summed E-state index contributed by atoms with van der Waals surface area (Å²) in [6.45, 7) is 0.0854. The molecule has 0 aliphatic heterocycles. The SMILES string of the molecule is O=C(NCC[C@@H](O)c1ccsc1)c1ccccc1C(F)(F)F. The normalized spacial score (nSPS) is 12.9. The number of rotatable bonds is 5. The summed E-state index contributed by atoms with van der Waals surface area (Å²) in [6.07, 6.45) is -5.09. The maximum absolute atomic E-state index is 12.8. The summed E-state index contributed by atoms with van der Waals surface area (Å²) >= 11 is 1.44. The first-order chi connectivity index (χ1) is 10.4. The summed E-state index contributed by atoms with van der Waals surface area (Å²) in [5.74, 6) is -0.801. The zero-order chi connectivity index (χ0) is 16.2. The van der Waals surface area contributed by atoms with Crippen LogP contribution in [-0.2, 0) is 6.18 Å². The molecule has 0 fully saturated rings. The van der Waals surface area contributed by atoms with E-state index in [1.165, 1.54) is 23.5 Å². The van der Waals surface area contributed by atoms with Crippen molar-refractivity contribution in [2.45, 2.75) is 18.7 Å². The van der Waals surface area contributed by atoms with Crippen molar-refractivity contribution in [1.82, 2.24) is 5.32 Å². The maximum Gasteiger partial charge on any atom is 0.417 e.